The van der Waals surface area contributed by atoms with Crippen molar-refractivity contribution in [3.63, 3.8) is 0 Å². The minimum atomic E-state index is -0.282. The molecule has 1 heterocycles. The number of methoxy groups -OCH3 is 1. The summed E-state index contributed by atoms with van der Waals surface area (Å²) in [4.78, 5) is 17.1. The molecular weight excluding hydrogens is 371 g/mol. The Morgan fingerprint density at radius 1 is 1.31 bits per heavy atom. The van der Waals surface area contributed by atoms with Gasteiger partial charge >= 0.3 is 0 Å². The lowest BCUT2D eigenvalue weighted by Crippen LogP contribution is -2.29. The molecule has 1 saturated carbocycles. The number of hydrogen-bond acceptors (Lipinski definition) is 3. The minimum Gasteiger partial charge on any atom is -0.481 e. The fourth-order valence-corrected chi connectivity index (χ4v) is 3.38. The van der Waals surface area contributed by atoms with E-state index in [1.54, 1.807) is 19.2 Å². The van der Waals surface area contributed by atoms with Gasteiger partial charge in [-0.1, -0.05) is 36.2 Å². The number of halogens is 2. The van der Waals surface area contributed by atoms with Crippen LogP contribution in [0.15, 0.2) is 30.5 Å². The van der Waals surface area contributed by atoms with Crippen LogP contribution < -0.4 is 10.1 Å². The first-order valence-corrected chi connectivity index (χ1v) is 9.54. The number of aromatic nitrogens is 1. The number of amides is 1. The Morgan fingerprint density at radius 2 is 2.08 bits per heavy atom. The molecule has 1 N–H and O–H groups in total. The molecule has 138 valence electrons. The van der Waals surface area contributed by atoms with E-state index in [0.29, 0.717) is 34.8 Å². The maximum atomic E-state index is 12.7. The largest absolute Gasteiger partial charge is 0.481 e. The van der Waals surface area contributed by atoms with E-state index >= 15 is 0 Å². The molecule has 26 heavy (non-hydrogen) atoms. The maximum absolute atomic E-state index is 12.7. The third-order valence-corrected chi connectivity index (χ3v) is 5.45. The number of nitrogens with one attached hydrogen (secondary N) is 1. The molecule has 1 fully saturated rings. The Balaban J connectivity index is 1.72. The van der Waals surface area contributed by atoms with E-state index in [4.69, 9.17) is 27.9 Å². The Kier molecular flexibility index (Phi) is 6.05. The average molecular weight is 393 g/mol. The molecular formula is C20H22Cl2N2O2. The number of nitrogens with zero attached hydrogens (tertiary/aromatic N) is 1. The number of rotatable bonds is 7. The maximum Gasteiger partial charge on any atom is 0.227 e. The Morgan fingerprint density at radius 3 is 2.69 bits per heavy atom. The van der Waals surface area contributed by atoms with Crippen molar-refractivity contribution in [1.82, 2.24) is 10.3 Å². The number of hydrogen-bond donors (Lipinski definition) is 1. The van der Waals surface area contributed by atoms with Gasteiger partial charge in [-0.25, -0.2) is 4.98 Å². The van der Waals surface area contributed by atoms with Crippen molar-refractivity contribution in [2.24, 2.45) is 0 Å². The summed E-state index contributed by atoms with van der Waals surface area (Å²) in [6.45, 7) is 2.36. The minimum absolute atomic E-state index is 0.0511. The van der Waals surface area contributed by atoms with E-state index in [9.17, 15) is 4.79 Å². The van der Waals surface area contributed by atoms with Gasteiger partial charge in [-0.3, -0.25) is 4.79 Å². The van der Waals surface area contributed by atoms with Crippen LogP contribution in [0.5, 0.6) is 5.88 Å². The van der Waals surface area contributed by atoms with Crippen molar-refractivity contribution in [3.05, 3.63) is 57.2 Å². The Bertz CT molecular complexity index is 806. The lowest BCUT2D eigenvalue weighted by molar-refractivity contribution is -0.122. The summed E-state index contributed by atoms with van der Waals surface area (Å²) in [5, 5.41) is 3.95. The first-order chi connectivity index (χ1) is 12.5. The number of carbonyl (C=O) groups excluding carboxylic acids is 1. The molecule has 6 heteroatoms. The van der Waals surface area contributed by atoms with E-state index < -0.39 is 0 Å². The molecule has 0 saturated heterocycles. The lowest BCUT2D eigenvalue weighted by atomic mass is 9.95. The van der Waals surface area contributed by atoms with E-state index in [-0.39, 0.29) is 11.8 Å². The van der Waals surface area contributed by atoms with Gasteiger partial charge in [0.25, 0.3) is 0 Å². The van der Waals surface area contributed by atoms with Crippen molar-refractivity contribution >= 4 is 29.1 Å². The lowest BCUT2D eigenvalue weighted by Gasteiger charge is -2.17. The second-order valence-corrected chi connectivity index (χ2v) is 7.38. The monoisotopic (exact) mass is 392 g/mol. The predicted octanol–water partition coefficient (Wildman–Crippen LogP) is 5.08. The molecule has 0 aliphatic heterocycles. The Labute approximate surface area is 163 Å². The number of ether oxygens (including phenoxy) is 1. The summed E-state index contributed by atoms with van der Waals surface area (Å²) in [5.41, 5.74) is 2.97. The topological polar surface area (TPSA) is 51.2 Å². The van der Waals surface area contributed by atoms with Crippen molar-refractivity contribution in [3.8, 4) is 5.88 Å². The summed E-state index contributed by atoms with van der Waals surface area (Å²) in [6, 6.07) is 7.41. The zero-order valence-electron chi connectivity index (χ0n) is 14.9. The molecule has 2 aromatic rings. The van der Waals surface area contributed by atoms with E-state index in [0.717, 1.165) is 11.1 Å². The van der Waals surface area contributed by atoms with Gasteiger partial charge in [0.15, 0.2) is 0 Å². The summed E-state index contributed by atoms with van der Waals surface area (Å²) in [6.07, 6.45) is 4.94. The zero-order valence-corrected chi connectivity index (χ0v) is 16.4. The highest BCUT2D eigenvalue weighted by Crippen LogP contribution is 2.40. The highest BCUT2D eigenvalue weighted by molar-refractivity contribution is 6.42. The SMILES string of the molecule is CC[C@H](C(=O)NCc1cc(C2CC2)cnc1OC)c1ccc(Cl)c(Cl)c1. The summed E-state index contributed by atoms with van der Waals surface area (Å²) in [5.74, 6) is 0.819. The molecule has 3 rings (SSSR count). The molecule has 1 aromatic carbocycles. The summed E-state index contributed by atoms with van der Waals surface area (Å²) < 4.78 is 5.34. The summed E-state index contributed by atoms with van der Waals surface area (Å²) in [7, 11) is 1.59. The number of pyridine rings is 1. The van der Waals surface area contributed by atoms with Gasteiger partial charge < -0.3 is 10.1 Å². The Hall–Kier alpha value is -1.78. The molecule has 0 spiro atoms. The van der Waals surface area contributed by atoms with Gasteiger partial charge in [-0.15, -0.1) is 0 Å². The van der Waals surface area contributed by atoms with Crippen molar-refractivity contribution in [2.45, 2.75) is 44.6 Å². The highest BCUT2D eigenvalue weighted by Gasteiger charge is 2.25. The normalized spacial score (nSPS) is 14.8. The van der Waals surface area contributed by atoms with Gasteiger partial charge in [-0.05, 0) is 54.5 Å². The van der Waals surface area contributed by atoms with Crippen LogP contribution in [-0.2, 0) is 11.3 Å². The summed E-state index contributed by atoms with van der Waals surface area (Å²) >= 11 is 12.1. The number of benzene rings is 1. The van der Waals surface area contributed by atoms with Crippen molar-refractivity contribution in [2.75, 3.05) is 7.11 Å². The van der Waals surface area contributed by atoms with Gasteiger partial charge in [0.1, 0.15) is 0 Å². The fraction of sp³-hybridized carbons (Fsp3) is 0.400. The number of carbonyl (C=O) groups is 1. The second kappa shape index (κ2) is 8.28. The molecule has 4 nitrogen and oxygen atoms in total. The van der Waals surface area contributed by atoms with Crippen LogP contribution in [0.2, 0.25) is 10.0 Å². The molecule has 1 aliphatic carbocycles. The molecule has 0 bridgehead atoms. The van der Waals surface area contributed by atoms with Crippen LogP contribution in [0.4, 0.5) is 0 Å². The molecule has 0 unspecified atom stereocenters. The van der Waals surface area contributed by atoms with E-state index in [1.165, 1.54) is 18.4 Å². The molecule has 1 atom stereocenters. The van der Waals surface area contributed by atoms with Crippen molar-refractivity contribution in [1.29, 1.82) is 0 Å². The van der Waals surface area contributed by atoms with Crippen LogP contribution in [0.3, 0.4) is 0 Å². The predicted molar refractivity (Wildman–Crippen MR) is 104 cm³/mol. The molecule has 1 aliphatic rings. The van der Waals surface area contributed by atoms with E-state index in [1.807, 2.05) is 19.2 Å². The fourth-order valence-electron chi connectivity index (χ4n) is 3.07. The van der Waals surface area contributed by atoms with Crippen molar-refractivity contribution < 1.29 is 9.53 Å². The first-order valence-electron chi connectivity index (χ1n) is 8.79. The quantitative estimate of drug-likeness (QED) is 0.713. The zero-order chi connectivity index (χ0) is 18.7. The van der Waals surface area contributed by atoms with Crippen LogP contribution >= 0.6 is 23.2 Å². The van der Waals surface area contributed by atoms with Gasteiger partial charge in [0.05, 0.1) is 23.1 Å². The molecule has 1 amide bonds. The van der Waals surface area contributed by atoms with Gasteiger partial charge in [0, 0.05) is 18.3 Å². The van der Waals surface area contributed by atoms with Crippen LogP contribution in [-0.4, -0.2) is 18.0 Å². The smallest absolute Gasteiger partial charge is 0.227 e. The second-order valence-electron chi connectivity index (χ2n) is 6.56. The molecule has 1 aromatic heterocycles. The average Bonchev–Trinajstić information content (AvgIpc) is 3.48. The first kappa shape index (κ1) is 19.0. The third-order valence-electron chi connectivity index (χ3n) is 4.71. The van der Waals surface area contributed by atoms with Crippen LogP contribution in [0.25, 0.3) is 0 Å². The van der Waals surface area contributed by atoms with Crippen LogP contribution in [0.1, 0.15) is 54.7 Å². The van der Waals surface area contributed by atoms with Gasteiger partial charge in [-0.2, -0.15) is 0 Å². The highest BCUT2D eigenvalue weighted by atomic mass is 35.5. The van der Waals surface area contributed by atoms with E-state index in [2.05, 4.69) is 16.4 Å². The van der Waals surface area contributed by atoms with Gasteiger partial charge in [0.2, 0.25) is 11.8 Å². The molecule has 0 radical (unpaired) electrons. The third kappa shape index (κ3) is 4.30. The van der Waals surface area contributed by atoms with Crippen LogP contribution in [0, 0.1) is 0 Å². The standard InChI is InChI=1S/C20H22Cl2N2O2/c1-3-16(13-6-7-17(21)18(22)9-13)19(25)23-11-15-8-14(12-4-5-12)10-24-20(15)26-2/h6-10,12,16H,3-5,11H2,1-2H3,(H,23,25)/t16-/m0/s1.